The molecular formula is C14H13BrN2O. The highest BCUT2D eigenvalue weighted by Crippen LogP contribution is 2.13. The molecule has 1 heterocycles. The maximum Gasteiger partial charge on any atom is 0.271 e. The van der Waals surface area contributed by atoms with Gasteiger partial charge in [0, 0.05) is 17.2 Å². The molecular weight excluding hydrogens is 292 g/mol. The number of benzene rings is 1. The Morgan fingerprint density at radius 1 is 1.28 bits per heavy atom. The molecule has 0 bridgehead atoms. The summed E-state index contributed by atoms with van der Waals surface area (Å²) in [5, 5.41) is 2.87. The number of nitrogens with one attached hydrogen (secondary N) is 1. The number of hydrogen-bond acceptors (Lipinski definition) is 2. The average molecular weight is 305 g/mol. The van der Waals surface area contributed by atoms with Crippen LogP contribution < -0.4 is 5.32 Å². The molecule has 1 amide bonds. The van der Waals surface area contributed by atoms with Crippen molar-refractivity contribution in [2.45, 2.75) is 13.5 Å². The summed E-state index contributed by atoms with van der Waals surface area (Å²) in [6.07, 6.45) is 1.60. The van der Waals surface area contributed by atoms with Gasteiger partial charge in [0.1, 0.15) is 5.69 Å². The van der Waals surface area contributed by atoms with E-state index in [9.17, 15) is 4.79 Å². The molecule has 0 saturated carbocycles. The van der Waals surface area contributed by atoms with E-state index in [1.165, 1.54) is 0 Å². The van der Waals surface area contributed by atoms with Crippen molar-refractivity contribution in [2.75, 3.05) is 0 Å². The van der Waals surface area contributed by atoms with Crippen LogP contribution in [0.25, 0.3) is 0 Å². The van der Waals surface area contributed by atoms with Crippen LogP contribution in [0.15, 0.2) is 47.1 Å². The van der Waals surface area contributed by atoms with E-state index in [4.69, 9.17) is 0 Å². The third-order valence-corrected chi connectivity index (χ3v) is 3.31. The first kappa shape index (κ1) is 12.8. The van der Waals surface area contributed by atoms with Crippen LogP contribution in [0.2, 0.25) is 0 Å². The highest BCUT2D eigenvalue weighted by molar-refractivity contribution is 9.10. The molecule has 0 fully saturated rings. The third kappa shape index (κ3) is 2.96. The van der Waals surface area contributed by atoms with Crippen molar-refractivity contribution in [3.8, 4) is 0 Å². The number of rotatable bonds is 3. The molecule has 2 aromatic rings. The maximum atomic E-state index is 11.9. The first-order valence-corrected chi connectivity index (χ1v) is 6.41. The lowest BCUT2D eigenvalue weighted by molar-refractivity contribution is 0.0945. The van der Waals surface area contributed by atoms with Crippen molar-refractivity contribution in [1.82, 2.24) is 10.3 Å². The van der Waals surface area contributed by atoms with Gasteiger partial charge in [-0.25, -0.2) is 4.98 Å². The molecule has 0 atom stereocenters. The summed E-state index contributed by atoms with van der Waals surface area (Å²) >= 11 is 3.31. The largest absolute Gasteiger partial charge is 0.347 e. The molecule has 4 heteroatoms. The van der Waals surface area contributed by atoms with Crippen LogP contribution in [0.3, 0.4) is 0 Å². The molecule has 0 spiro atoms. The van der Waals surface area contributed by atoms with Gasteiger partial charge in [0.25, 0.3) is 5.91 Å². The minimum absolute atomic E-state index is 0.175. The van der Waals surface area contributed by atoms with Crippen LogP contribution in [0, 0.1) is 6.92 Å². The highest BCUT2D eigenvalue weighted by atomic mass is 79.9. The first-order valence-electron chi connectivity index (χ1n) is 5.61. The minimum Gasteiger partial charge on any atom is -0.347 e. The van der Waals surface area contributed by atoms with E-state index in [2.05, 4.69) is 26.2 Å². The smallest absolute Gasteiger partial charge is 0.271 e. The van der Waals surface area contributed by atoms with Crippen LogP contribution in [0.4, 0.5) is 0 Å². The maximum absolute atomic E-state index is 11.9. The van der Waals surface area contributed by atoms with Gasteiger partial charge in [0.2, 0.25) is 0 Å². The van der Waals surface area contributed by atoms with E-state index in [1.807, 2.05) is 31.2 Å². The monoisotopic (exact) mass is 304 g/mol. The van der Waals surface area contributed by atoms with E-state index in [1.54, 1.807) is 18.3 Å². The Morgan fingerprint density at radius 3 is 2.78 bits per heavy atom. The van der Waals surface area contributed by atoms with Gasteiger partial charge in [-0.3, -0.25) is 4.79 Å². The summed E-state index contributed by atoms with van der Waals surface area (Å²) in [5.41, 5.74) is 2.68. The number of pyridine rings is 1. The van der Waals surface area contributed by atoms with Gasteiger partial charge in [-0.15, -0.1) is 0 Å². The van der Waals surface area contributed by atoms with Crippen LogP contribution >= 0.6 is 15.9 Å². The molecule has 1 aromatic heterocycles. The number of halogens is 1. The molecule has 92 valence electrons. The molecule has 0 aliphatic rings. The summed E-state index contributed by atoms with van der Waals surface area (Å²) in [6, 6.07) is 11.6. The fourth-order valence-electron chi connectivity index (χ4n) is 1.62. The number of carbonyl (C=O) groups is 1. The van der Waals surface area contributed by atoms with Crippen LogP contribution in [-0.4, -0.2) is 10.9 Å². The van der Waals surface area contributed by atoms with Gasteiger partial charge in [0.15, 0.2) is 0 Å². The highest BCUT2D eigenvalue weighted by Gasteiger charge is 2.10. The quantitative estimate of drug-likeness (QED) is 0.947. The normalized spacial score (nSPS) is 10.1. The number of aryl methyl sites for hydroxylation is 1. The van der Waals surface area contributed by atoms with E-state index in [0.29, 0.717) is 16.7 Å². The van der Waals surface area contributed by atoms with Crippen molar-refractivity contribution in [2.24, 2.45) is 0 Å². The zero-order chi connectivity index (χ0) is 13.0. The van der Waals surface area contributed by atoms with Crippen molar-refractivity contribution in [1.29, 1.82) is 0 Å². The Balaban J connectivity index is 2.06. The number of carbonyl (C=O) groups excluding carboxylic acids is 1. The minimum atomic E-state index is -0.175. The molecule has 1 aromatic carbocycles. The van der Waals surface area contributed by atoms with Crippen molar-refractivity contribution in [3.05, 3.63) is 63.9 Å². The fourth-order valence-corrected chi connectivity index (χ4v) is 2.06. The lowest BCUT2D eigenvalue weighted by Gasteiger charge is -2.08. The van der Waals surface area contributed by atoms with Crippen LogP contribution in [0.1, 0.15) is 21.6 Å². The summed E-state index contributed by atoms with van der Waals surface area (Å²) in [5.74, 6) is -0.175. The second-order valence-corrected chi connectivity index (χ2v) is 4.80. The summed E-state index contributed by atoms with van der Waals surface area (Å²) in [7, 11) is 0. The van der Waals surface area contributed by atoms with Gasteiger partial charge >= 0.3 is 0 Å². The molecule has 2 rings (SSSR count). The topological polar surface area (TPSA) is 42.0 Å². The van der Waals surface area contributed by atoms with Crippen LogP contribution in [0.5, 0.6) is 0 Å². The Kier molecular flexibility index (Phi) is 4.10. The Bertz CT molecular complexity index is 569. The number of nitrogens with zero attached hydrogens (tertiary/aromatic N) is 1. The summed E-state index contributed by atoms with van der Waals surface area (Å²) < 4.78 is 0.701. The van der Waals surface area contributed by atoms with Crippen LogP contribution in [-0.2, 0) is 6.54 Å². The standard InChI is InChI=1S/C14H13BrN2O/c1-10-5-2-3-6-11(10)9-17-14(18)13-12(15)7-4-8-16-13/h2-8H,9H2,1H3,(H,17,18). The molecule has 0 aliphatic carbocycles. The average Bonchev–Trinajstić information content (AvgIpc) is 2.38. The zero-order valence-corrected chi connectivity index (χ0v) is 11.6. The van der Waals surface area contributed by atoms with Crippen molar-refractivity contribution in [3.63, 3.8) is 0 Å². The van der Waals surface area contributed by atoms with E-state index in [-0.39, 0.29) is 5.91 Å². The van der Waals surface area contributed by atoms with Gasteiger partial charge in [0.05, 0.1) is 0 Å². The number of amides is 1. The second-order valence-electron chi connectivity index (χ2n) is 3.94. The Morgan fingerprint density at radius 2 is 2.06 bits per heavy atom. The molecule has 1 N–H and O–H groups in total. The van der Waals surface area contributed by atoms with E-state index < -0.39 is 0 Å². The van der Waals surface area contributed by atoms with Gasteiger partial charge in [-0.05, 0) is 46.1 Å². The second kappa shape index (κ2) is 5.78. The molecule has 3 nitrogen and oxygen atoms in total. The lowest BCUT2D eigenvalue weighted by Crippen LogP contribution is -2.24. The Labute approximate surface area is 114 Å². The number of aromatic nitrogens is 1. The third-order valence-electron chi connectivity index (χ3n) is 2.67. The fraction of sp³-hybridized carbons (Fsp3) is 0.143. The molecule has 0 unspecified atom stereocenters. The Hall–Kier alpha value is -1.68. The van der Waals surface area contributed by atoms with Gasteiger partial charge in [-0.1, -0.05) is 24.3 Å². The molecule has 0 radical (unpaired) electrons. The van der Waals surface area contributed by atoms with Crippen molar-refractivity contribution >= 4 is 21.8 Å². The van der Waals surface area contributed by atoms with Gasteiger partial charge in [-0.2, -0.15) is 0 Å². The van der Waals surface area contributed by atoms with E-state index >= 15 is 0 Å². The SMILES string of the molecule is Cc1ccccc1CNC(=O)c1ncccc1Br. The predicted molar refractivity (Wildman–Crippen MR) is 74.3 cm³/mol. The predicted octanol–water partition coefficient (Wildman–Crippen LogP) is 3.08. The first-order chi connectivity index (χ1) is 8.68. The molecule has 18 heavy (non-hydrogen) atoms. The molecule has 0 saturated heterocycles. The van der Waals surface area contributed by atoms with Crippen molar-refractivity contribution < 1.29 is 4.79 Å². The number of hydrogen-bond donors (Lipinski definition) is 1. The van der Waals surface area contributed by atoms with Gasteiger partial charge < -0.3 is 5.32 Å². The molecule has 0 aliphatic heterocycles. The lowest BCUT2D eigenvalue weighted by atomic mass is 10.1. The zero-order valence-electron chi connectivity index (χ0n) is 9.98. The summed E-state index contributed by atoms with van der Waals surface area (Å²) in [6.45, 7) is 2.53. The summed E-state index contributed by atoms with van der Waals surface area (Å²) in [4.78, 5) is 16.0. The van der Waals surface area contributed by atoms with E-state index in [0.717, 1.165) is 11.1 Å².